The maximum atomic E-state index is 12.4. The van der Waals surface area contributed by atoms with Gasteiger partial charge in [-0.1, -0.05) is 18.2 Å². The topological polar surface area (TPSA) is 84.7 Å². The lowest BCUT2D eigenvalue weighted by Gasteiger charge is -2.26. The molecule has 7 nitrogen and oxygen atoms in total. The van der Waals surface area contributed by atoms with Crippen molar-refractivity contribution in [1.82, 2.24) is 4.90 Å². The van der Waals surface area contributed by atoms with Gasteiger partial charge in [-0.15, -0.1) is 0 Å². The van der Waals surface area contributed by atoms with Crippen molar-refractivity contribution in [2.24, 2.45) is 0 Å². The van der Waals surface area contributed by atoms with Gasteiger partial charge in [-0.3, -0.25) is 14.9 Å². The Morgan fingerprint density at radius 1 is 1.12 bits per heavy atom. The summed E-state index contributed by atoms with van der Waals surface area (Å²) in [6, 6.07) is 13.8. The number of amides is 1. The second-order valence-electron chi connectivity index (χ2n) is 5.72. The summed E-state index contributed by atoms with van der Waals surface area (Å²) < 4.78 is 5.25. The molecule has 0 aliphatic carbocycles. The molecule has 1 N–H and O–H groups in total. The van der Waals surface area contributed by atoms with E-state index in [9.17, 15) is 14.9 Å². The number of ether oxygens (including phenoxy) is 1. The van der Waals surface area contributed by atoms with Crippen molar-refractivity contribution in [1.29, 1.82) is 0 Å². The van der Waals surface area contributed by atoms with Crippen LogP contribution in [-0.2, 0) is 11.3 Å². The second kappa shape index (κ2) is 7.76. The quantitative estimate of drug-likeness (QED) is 0.667. The van der Waals surface area contributed by atoms with Crippen LogP contribution in [0.25, 0.3) is 0 Å². The molecule has 0 spiro atoms. The summed E-state index contributed by atoms with van der Waals surface area (Å²) in [5.74, 6) is -0.00597. The molecule has 1 fully saturated rings. The van der Waals surface area contributed by atoms with Crippen molar-refractivity contribution in [3.8, 4) is 0 Å². The van der Waals surface area contributed by atoms with Crippen LogP contribution in [0.3, 0.4) is 0 Å². The van der Waals surface area contributed by atoms with Crippen LogP contribution in [0.1, 0.15) is 15.9 Å². The Hall–Kier alpha value is -2.93. The minimum absolute atomic E-state index is 0.00597. The molecule has 0 atom stereocenters. The SMILES string of the molecule is O=C(c1ccc(NCc2ccccc2[N+](=O)[O-])cc1)N1CCOCC1. The minimum atomic E-state index is -0.388. The van der Waals surface area contributed by atoms with Crippen LogP contribution in [-0.4, -0.2) is 42.0 Å². The Kier molecular flexibility index (Phi) is 5.25. The predicted octanol–water partition coefficient (Wildman–Crippen LogP) is 2.68. The highest BCUT2D eigenvalue weighted by molar-refractivity contribution is 5.94. The van der Waals surface area contributed by atoms with Crippen LogP contribution >= 0.6 is 0 Å². The van der Waals surface area contributed by atoms with Gasteiger partial charge in [0.05, 0.1) is 18.1 Å². The summed E-state index contributed by atoms with van der Waals surface area (Å²) in [4.78, 5) is 24.8. The number of benzene rings is 2. The highest BCUT2D eigenvalue weighted by atomic mass is 16.6. The minimum Gasteiger partial charge on any atom is -0.381 e. The molecule has 1 aliphatic rings. The molecule has 7 heteroatoms. The molecule has 1 saturated heterocycles. The van der Waals surface area contributed by atoms with Crippen molar-refractivity contribution >= 4 is 17.3 Å². The number of carbonyl (C=O) groups excluding carboxylic acids is 1. The van der Waals surface area contributed by atoms with Gasteiger partial charge in [-0.2, -0.15) is 0 Å². The van der Waals surface area contributed by atoms with Crippen molar-refractivity contribution in [3.63, 3.8) is 0 Å². The van der Waals surface area contributed by atoms with Gasteiger partial charge in [0.1, 0.15) is 0 Å². The highest BCUT2D eigenvalue weighted by Gasteiger charge is 2.18. The molecule has 130 valence electrons. The second-order valence-corrected chi connectivity index (χ2v) is 5.72. The number of hydrogen-bond donors (Lipinski definition) is 1. The zero-order valence-corrected chi connectivity index (χ0v) is 13.7. The molecule has 0 saturated carbocycles. The third-order valence-corrected chi connectivity index (χ3v) is 4.10. The lowest BCUT2D eigenvalue weighted by Crippen LogP contribution is -2.40. The number of nitrogens with zero attached hydrogens (tertiary/aromatic N) is 2. The molecule has 2 aromatic rings. The smallest absolute Gasteiger partial charge is 0.274 e. The molecular weight excluding hydrogens is 322 g/mol. The van der Waals surface area contributed by atoms with Crippen LogP contribution < -0.4 is 5.32 Å². The number of rotatable bonds is 5. The molecule has 3 rings (SSSR count). The van der Waals surface area contributed by atoms with E-state index in [1.165, 1.54) is 6.07 Å². The van der Waals surface area contributed by atoms with Gasteiger partial charge in [0.25, 0.3) is 11.6 Å². The summed E-state index contributed by atoms with van der Waals surface area (Å²) in [6.07, 6.45) is 0. The van der Waals surface area contributed by atoms with Crippen LogP contribution in [0.5, 0.6) is 0 Å². The van der Waals surface area contributed by atoms with Gasteiger partial charge in [0.2, 0.25) is 0 Å². The first-order chi connectivity index (χ1) is 12.1. The summed E-state index contributed by atoms with van der Waals surface area (Å²) in [5.41, 5.74) is 2.13. The average molecular weight is 341 g/mol. The van der Waals surface area contributed by atoms with E-state index in [0.29, 0.717) is 44.0 Å². The zero-order valence-electron chi connectivity index (χ0n) is 13.7. The maximum Gasteiger partial charge on any atom is 0.274 e. The van der Waals surface area contributed by atoms with Crippen LogP contribution in [0.15, 0.2) is 48.5 Å². The molecule has 0 unspecified atom stereocenters. The first kappa shape index (κ1) is 16.9. The largest absolute Gasteiger partial charge is 0.381 e. The number of morpholine rings is 1. The normalized spacial score (nSPS) is 14.2. The standard InChI is InChI=1S/C18H19N3O4/c22-18(20-9-11-25-12-10-20)14-5-7-16(8-6-14)19-13-15-3-1-2-4-17(15)21(23)24/h1-8,19H,9-13H2. The fourth-order valence-electron chi connectivity index (χ4n) is 2.72. The van der Waals surface area contributed by atoms with Crippen LogP contribution in [0.4, 0.5) is 11.4 Å². The van der Waals surface area contributed by atoms with Gasteiger partial charge in [-0.05, 0) is 24.3 Å². The van der Waals surface area contributed by atoms with Gasteiger partial charge in [-0.25, -0.2) is 0 Å². The highest BCUT2D eigenvalue weighted by Crippen LogP contribution is 2.20. The summed E-state index contributed by atoms with van der Waals surface area (Å²) in [6.45, 7) is 2.70. The maximum absolute atomic E-state index is 12.4. The van der Waals surface area contributed by atoms with Gasteiger partial charge in [0, 0.05) is 42.5 Å². The molecule has 1 heterocycles. The van der Waals surface area contributed by atoms with Crippen molar-refractivity contribution < 1.29 is 14.5 Å². The molecule has 2 aromatic carbocycles. The summed E-state index contributed by atoms with van der Waals surface area (Å²) in [5, 5.41) is 14.2. The summed E-state index contributed by atoms with van der Waals surface area (Å²) in [7, 11) is 0. The Morgan fingerprint density at radius 2 is 1.80 bits per heavy atom. The van der Waals surface area contributed by atoms with Gasteiger partial charge < -0.3 is 15.0 Å². The molecule has 1 aliphatic heterocycles. The van der Waals surface area contributed by atoms with E-state index in [1.54, 1.807) is 35.2 Å². The predicted molar refractivity (Wildman–Crippen MR) is 93.6 cm³/mol. The Bertz CT molecular complexity index is 755. The third kappa shape index (κ3) is 4.13. The Morgan fingerprint density at radius 3 is 2.48 bits per heavy atom. The zero-order chi connectivity index (χ0) is 17.6. The van der Waals surface area contributed by atoms with Crippen LogP contribution in [0, 0.1) is 10.1 Å². The Balaban J connectivity index is 1.63. The number of nitrogens with one attached hydrogen (secondary N) is 1. The van der Waals surface area contributed by atoms with E-state index < -0.39 is 0 Å². The first-order valence-corrected chi connectivity index (χ1v) is 8.08. The molecular formula is C18H19N3O4. The number of hydrogen-bond acceptors (Lipinski definition) is 5. The average Bonchev–Trinajstić information content (AvgIpc) is 2.67. The summed E-state index contributed by atoms with van der Waals surface area (Å²) >= 11 is 0. The van der Waals surface area contributed by atoms with Crippen molar-refractivity contribution in [2.75, 3.05) is 31.6 Å². The molecule has 0 aromatic heterocycles. The van der Waals surface area contributed by atoms with E-state index in [1.807, 2.05) is 12.1 Å². The van der Waals surface area contributed by atoms with E-state index >= 15 is 0 Å². The van der Waals surface area contributed by atoms with Gasteiger partial charge >= 0.3 is 0 Å². The van der Waals surface area contributed by atoms with E-state index in [0.717, 1.165) is 5.69 Å². The number of nitro benzene ring substituents is 1. The molecule has 25 heavy (non-hydrogen) atoms. The van der Waals surface area contributed by atoms with Crippen LogP contribution in [0.2, 0.25) is 0 Å². The third-order valence-electron chi connectivity index (χ3n) is 4.10. The molecule has 0 radical (unpaired) electrons. The van der Waals surface area contributed by atoms with E-state index in [4.69, 9.17) is 4.74 Å². The fourth-order valence-corrected chi connectivity index (χ4v) is 2.72. The number of nitro groups is 1. The monoisotopic (exact) mass is 341 g/mol. The van der Waals surface area contributed by atoms with E-state index in [-0.39, 0.29) is 16.5 Å². The first-order valence-electron chi connectivity index (χ1n) is 8.08. The number of carbonyl (C=O) groups is 1. The van der Waals surface area contributed by atoms with Gasteiger partial charge in [0.15, 0.2) is 0 Å². The molecule has 0 bridgehead atoms. The fraction of sp³-hybridized carbons (Fsp3) is 0.278. The lowest BCUT2D eigenvalue weighted by atomic mass is 10.1. The lowest BCUT2D eigenvalue weighted by molar-refractivity contribution is -0.385. The Labute approximate surface area is 145 Å². The van der Waals surface area contributed by atoms with Crippen molar-refractivity contribution in [2.45, 2.75) is 6.54 Å². The number of para-hydroxylation sites is 1. The van der Waals surface area contributed by atoms with Crippen molar-refractivity contribution in [3.05, 3.63) is 69.8 Å². The number of anilines is 1. The molecule has 1 amide bonds. The van der Waals surface area contributed by atoms with E-state index in [2.05, 4.69) is 5.32 Å².